The number of rotatable bonds is 8. The van der Waals surface area contributed by atoms with Crippen molar-refractivity contribution in [3.63, 3.8) is 0 Å². The molecule has 3 rings (SSSR count). The number of aryl methyl sites for hydroxylation is 1. The van der Waals surface area contributed by atoms with Crippen LogP contribution < -0.4 is 10.1 Å². The molecule has 0 aliphatic rings. The summed E-state index contributed by atoms with van der Waals surface area (Å²) in [4.78, 5) is 17.3. The number of hydrogen-bond acceptors (Lipinski definition) is 4. The van der Waals surface area contributed by atoms with Gasteiger partial charge in [0.1, 0.15) is 17.3 Å². The smallest absolute Gasteiger partial charge is 0.257 e. The molecule has 3 aromatic rings. The number of halogens is 1. The van der Waals surface area contributed by atoms with Crippen molar-refractivity contribution in [2.24, 2.45) is 0 Å². The minimum atomic E-state index is -0.328. The number of aromatic nitrogens is 1. The fraction of sp³-hybridized carbons (Fsp3) is 0.280. The number of hydrogen-bond donors (Lipinski definition) is 1. The van der Waals surface area contributed by atoms with Gasteiger partial charge in [0.2, 0.25) is 0 Å². The summed E-state index contributed by atoms with van der Waals surface area (Å²) in [6.45, 7) is 7.84. The van der Waals surface area contributed by atoms with E-state index in [-0.39, 0.29) is 23.9 Å². The summed E-state index contributed by atoms with van der Waals surface area (Å²) in [5.74, 6) is 0.470. The molecule has 6 heteroatoms. The van der Waals surface area contributed by atoms with Crippen LogP contribution in [0.15, 0.2) is 60.7 Å². The summed E-state index contributed by atoms with van der Waals surface area (Å²) >= 11 is 0. The number of ether oxygens (including phenoxy) is 2. The van der Waals surface area contributed by atoms with Crippen LogP contribution in [-0.2, 0) is 11.2 Å². The van der Waals surface area contributed by atoms with Crippen LogP contribution in [0.1, 0.15) is 42.5 Å². The predicted octanol–water partition coefficient (Wildman–Crippen LogP) is 5.93. The number of nitrogens with zero attached hydrogens (tertiary/aromatic N) is 1. The van der Waals surface area contributed by atoms with E-state index < -0.39 is 0 Å². The van der Waals surface area contributed by atoms with Gasteiger partial charge in [0.25, 0.3) is 5.91 Å². The highest BCUT2D eigenvalue weighted by Crippen LogP contribution is 2.25. The van der Waals surface area contributed by atoms with Crippen molar-refractivity contribution in [1.82, 2.24) is 4.98 Å². The highest BCUT2D eigenvalue weighted by atomic mass is 19.1. The Balaban J connectivity index is 1.66. The molecule has 162 valence electrons. The molecule has 1 aromatic heterocycles. The first-order chi connectivity index (χ1) is 14.8. The van der Waals surface area contributed by atoms with E-state index >= 15 is 0 Å². The second-order valence-electron chi connectivity index (χ2n) is 7.67. The number of benzene rings is 2. The van der Waals surface area contributed by atoms with Gasteiger partial charge >= 0.3 is 0 Å². The van der Waals surface area contributed by atoms with Crippen molar-refractivity contribution in [3.05, 3.63) is 83.4 Å². The molecule has 1 unspecified atom stereocenters. The number of anilines is 1. The van der Waals surface area contributed by atoms with Crippen LogP contribution >= 0.6 is 0 Å². The minimum Gasteiger partial charge on any atom is -0.457 e. The third-order valence-electron chi connectivity index (χ3n) is 4.53. The Kier molecular flexibility index (Phi) is 7.36. The molecular weight excluding hydrogens is 395 g/mol. The van der Waals surface area contributed by atoms with Gasteiger partial charge in [0.15, 0.2) is 0 Å². The number of carbonyl (C=O) groups excluding carboxylic acids is 1. The fourth-order valence-corrected chi connectivity index (χ4v) is 3.25. The van der Waals surface area contributed by atoms with Gasteiger partial charge in [-0.2, -0.15) is 0 Å². The first-order valence-corrected chi connectivity index (χ1v) is 10.3. The van der Waals surface area contributed by atoms with E-state index in [4.69, 9.17) is 9.47 Å². The van der Waals surface area contributed by atoms with E-state index in [1.807, 2.05) is 33.8 Å². The summed E-state index contributed by atoms with van der Waals surface area (Å²) in [7, 11) is 0. The van der Waals surface area contributed by atoms with Crippen molar-refractivity contribution in [3.8, 4) is 11.5 Å². The molecule has 0 aliphatic heterocycles. The summed E-state index contributed by atoms with van der Waals surface area (Å²) in [6.07, 6.45) is 0.892. The average molecular weight is 423 g/mol. The predicted molar refractivity (Wildman–Crippen MR) is 119 cm³/mol. The Bertz CT molecular complexity index is 1040. The van der Waals surface area contributed by atoms with Crippen molar-refractivity contribution < 1.29 is 18.7 Å². The van der Waals surface area contributed by atoms with E-state index in [1.165, 1.54) is 12.1 Å². The molecule has 2 aromatic carbocycles. The van der Waals surface area contributed by atoms with Crippen LogP contribution in [0.5, 0.6) is 11.5 Å². The zero-order valence-corrected chi connectivity index (χ0v) is 18.2. The molecule has 31 heavy (non-hydrogen) atoms. The normalized spacial score (nSPS) is 11.9. The van der Waals surface area contributed by atoms with Gasteiger partial charge in [-0.05, 0) is 76.2 Å². The molecule has 0 saturated carbocycles. The average Bonchev–Trinajstić information content (AvgIpc) is 2.69. The monoisotopic (exact) mass is 422 g/mol. The zero-order chi connectivity index (χ0) is 22.4. The number of carbonyl (C=O) groups is 1. The largest absolute Gasteiger partial charge is 0.457 e. The molecule has 0 spiro atoms. The molecular formula is C25H27FN2O3. The molecule has 0 aliphatic carbocycles. The van der Waals surface area contributed by atoms with Gasteiger partial charge in [0, 0.05) is 23.9 Å². The number of amides is 1. The first kappa shape index (κ1) is 22.4. The van der Waals surface area contributed by atoms with Gasteiger partial charge in [-0.25, -0.2) is 4.39 Å². The third-order valence-corrected chi connectivity index (χ3v) is 4.53. The molecule has 0 bridgehead atoms. The molecule has 5 nitrogen and oxygen atoms in total. The summed E-state index contributed by atoms with van der Waals surface area (Å²) in [5, 5.41) is 2.88. The number of nitrogens with one attached hydrogen (secondary N) is 1. The van der Waals surface area contributed by atoms with Crippen LogP contribution in [0, 0.1) is 12.7 Å². The second kappa shape index (κ2) is 10.2. The van der Waals surface area contributed by atoms with Crippen LogP contribution in [0.4, 0.5) is 10.1 Å². The molecule has 0 saturated heterocycles. The molecule has 1 N–H and O–H groups in total. The van der Waals surface area contributed by atoms with E-state index in [1.54, 1.807) is 42.5 Å². The van der Waals surface area contributed by atoms with Crippen molar-refractivity contribution in [2.45, 2.75) is 46.3 Å². The topological polar surface area (TPSA) is 60.5 Å². The Morgan fingerprint density at radius 3 is 2.45 bits per heavy atom. The Morgan fingerprint density at radius 1 is 1.03 bits per heavy atom. The van der Waals surface area contributed by atoms with Crippen LogP contribution in [0.3, 0.4) is 0 Å². The Hall–Kier alpha value is -3.25. The number of pyridine rings is 1. The molecule has 0 radical (unpaired) electrons. The second-order valence-corrected chi connectivity index (χ2v) is 7.67. The van der Waals surface area contributed by atoms with Gasteiger partial charge in [0.05, 0.1) is 23.5 Å². The highest BCUT2D eigenvalue weighted by Gasteiger charge is 2.14. The third kappa shape index (κ3) is 6.62. The lowest BCUT2D eigenvalue weighted by molar-refractivity contribution is 0.0190. The van der Waals surface area contributed by atoms with Crippen molar-refractivity contribution in [1.29, 1.82) is 0 Å². The van der Waals surface area contributed by atoms with Crippen molar-refractivity contribution >= 4 is 11.6 Å². The fourth-order valence-electron chi connectivity index (χ4n) is 3.25. The van der Waals surface area contributed by atoms with E-state index in [9.17, 15) is 9.18 Å². The SMILES string of the molecule is Cc1nc(CC(C)OC(C)C)ccc1C(=O)Nc1cccc(Oc2ccc(F)cc2)c1. The summed E-state index contributed by atoms with van der Waals surface area (Å²) < 4.78 is 24.5. The minimum absolute atomic E-state index is 0.0513. The maximum Gasteiger partial charge on any atom is 0.257 e. The summed E-state index contributed by atoms with van der Waals surface area (Å²) in [5.41, 5.74) is 2.64. The van der Waals surface area contributed by atoms with Gasteiger partial charge < -0.3 is 14.8 Å². The maximum absolute atomic E-state index is 13.0. The molecule has 1 atom stereocenters. The van der Waals surface area contributed by atoms with E-state index in [0.29, 0.717) is 34.9 Å². The van der Waals surface area contributed by atoms with Gasteiger partial charge in [-0.3, -0.25) is 9.78 Å². The van der Waals surface area contributed by atoms with Crippen LogP contribution in [0.25, 0.3) is 0 Å². The Morgan fingerprint density at radius 2 is 1.77 bits per heavy atom. The Labute approximate surface area is 182 Å². The zero-order valence-electron chi connectivity index (χ0n) is 18.2. The van der Waals surface area contributed by atoms with E-state index in [2.05, 4.69) is 10.3 Å². The quantitative estimate of drug-likeness (QED) is 0.489. The lowest BCUT2D eigenvalue weighted by Crippen LogP contribution is -2.18. The van der Waals surface area contributed by atoms with Crippen molar-refractivity contribution in [2.75, 3.05) is 5.32 Å². The summed E-state index contributed by atoms with van der Waals surface area (Å²) in [6, 6.07) is 16.4. The van der Waals surface area contributed by atoms with E-state index in [0.717, 1.165) is 5.69 Å². The lowest BCUT2D eigenvalue weighted by Gasteiger charge is -2.16. The maximum atomic E-state index is 13.0. The lowest BCUT2D eigenvalue weighted by atomic mass is 10.1. The van der Waals surface area contributed by atoms with Gasteiger partial charge in [-0.1, -0.05) is 6.07 Å². The molecule has 1 amide bonds. The first-order valence-electron chi connectivity index (χ1n) is 10.3. The van der Waals surface area contributed by atoms with Gasteiger partial charge in [-0.15, -0.1) is 0 Å². The van der Waals surface area contributed by atoms with Crippen LogP contribution in [0.2, 0.25) is 0 Å². The molecule has 1 heterocycles. The molecule has 0 fully saturated rings. The highest BCUT2D eigenvalue weighted by molar-refractivity contribution is 6.05. The van der Waals surface area contributed by atoms with Crippen LogP contribution in [-0.4, -0.2) is 23.1 Å². The standard InChI is InChI=1S/C25H27FN2O3/c1-16(2)30-17(3)14-21-10-13-24(18(4)27-21)25(29)28-20-6-5-7-23(15-20)31-22-11-8-19(26)9-12-22/h5-13,15-17H,14H2,1-4H3,(H,28,29).